The van der Waals surface area contributed by atoms with Crippen LogP contribution in [0.25, 0.3) is 0 Å². The fourth-order valence-electron chi connectivity index (χ4n) is 3.07. The monoisotopic (exact) mass is 334 g/mol. The van der Waals surface area contributed by atoms with Gasteiger partial charge >= 0.3 is 0 Å². The molecule has 0 spiro atoms. The Hall–Kier alpha value is -2.87. The highest BCUT2D eigenvalue weighted by Gasteiger charge is 2.25. The lowest BCUT2D eigenvalue weighted by Gasteiger charge is -2.32. The van der Waals surface area contributed by atoms with Crippen LogP contribution >= 0.6 is 0 Å². The minimum Gasteiger partial charge on any atom is -0.357 e. The van der Waals surface area contributed by atoms with E-state index >= 15 is 0 Å². The number of anilines is 2. The summed E-state index contributed by atoms with van der Waals surface area (Å²) in [5.41, 5.74) is 3.83. The van der Waals surface area contributed by atoms with Crippen molar-refractivity contribution < 1.29 is 4.79 Å². The van der Waals surface area contributed by atoms with E-state index in [-0.39, 0.29) is 11.8 Å². The Balaban J connectivity index is 1.56. The lowest BCUT2D eigenvalue weighted by atomic mass is 9.95. The van der Waals surface area contributed by atoms with Gasteiger partial charge in [-0.05, 0) is 62.1 Å². The van der Waals surface area contributed by atoms with Crippen LogP contribution in [0.3, 0.4) is 0 Å². The van der Waals surface area contributed by atoms with E-state index in [9.17, 15) is 4.79 Å². The van der Waals surface area contributed by atoms with Crippen LogP contribution in [-0.2, 0) is 4.79 Å². The molecule has 25 heavy (non-hydrogen) atoms. The molecular weight excluding hydrogens is 312 g/mol. The van der Waals surface area contributed by atoms with Crippen molar-refractivity contribution in [3.05, 3.63) is 53.2 Å². The first-order valence-electron chi connectivity index (χ1n) is 8.56. The highest BCUT2D eigenvalue weighted by Crippen LogP contribution is 2.23. The zero-order valence-electron chi connectivity index (χ0n) is 14.6. The lowest BCUT2D eigenvalue weighted by molar-refractivity contribution is -0.120. The van der Waals surface area contributed by atoms with Crippen molar-refractivity contribution in [1.82, 2.24) is 4.98 Å². The molecule has 1 aliphatic rings. The molecule has 1 saturated heterocycles. The highest BCUT2D eigenvalue weighted by atomic mass is 16.1. The van der Waals surface area contributed by atoms with Gasteiger partial charge in [-0.25, -0.2) is 4.98 Å². The van der Waals surface area contributed by atoms with Gasteiger partial charge in [0.15, 0.2) is 0 Å². The maximum Gasteiger partial charge on any atom is 0.227 e. The van der Waals surface area contributed by atoms with E-state index in [1.165, 1.54) is 11.1 Å². The van der Waals surface area contributed by atoms with Crippen LogP contribution in [0.5, 0.6) is 0 Å². The van der Waals surface area contributed by atoms with Gasteiger partial charge in [0, 0.05) is 30.9 Å². The molecule has 2 aromatic rings. The fourth-order valence-corrected chi connectivity index (χ4v) is 3.07. The number of hydrogen-bond acceptors (Lipinski definition) is 4. The highest BCUT2D eigenvalue weighted by molar-refractivity contribution is 5.92. The summed E-state index contributed by atoms with van der Waals surface area (Å²) < 4.78 is 0. The van der Waals surface area contributed by atoms with Crippen LogP contribution in [-0.4, -0.2) is 24.0 Å². The minimum absolute atomic E-state index is 0.0243. The average molecular weight is 334 g/mol. The van der Waals surface area contributed by atoms with Crippen molar-refractivity contribution in [3.63, 3.8) is 0 Å². The molecule has 0 saturated carbocycles. The fraction of sp³-hybridized carbons (Fsp3) is 0.350. The zero-order chi connectivity index (χ0) is 17.8. The third-order valence-corrected chi connectivity index (χ3v) is 4.84. The van der Waals surface area contributed by atoms with Crippen molar-refractivity contribution in [2.24, 2.45) is 5.92 Å². The summed E-state index contributed by atoms with van der Waals surface area (Å²) in [5, 5.41) is 11.9. The van der Waals surface area contributed by atoms with Crippen LogP contribution in [0.2, 0.25) is 0 Å². The summed E-state index contributed by atoms with van der Waals surface area (Å²) >= 11 is 0. The van der Waals surface area contributed by atoms with Crippen LogP contribution in [0, 0.1) is 31.1 Å². The van der Waals surface area contributed by atoms with E-state index in [4.69, 9.17) is 5.26 Å². The topological polar surface area (TPSA) is 69.0 Å². The van der Waals surface area contributed by atoms with Gasteiger partial charge in [-0.15, -0.1) is 0 Å². The molecule has 5 nitrogen and oxygen atoms in total. The molecule has 1 aliphatic heterocycles. The molecule has 128 valence electrons. The number of carbonyl (C=O) groups is 1. The third-order valence-electron chi connectivity index (χ3n) is 4.84. The largest absolute Gasteiger partial charge is 0.357 e. The van der Waals surface area contributed by atoms with Crippen LogP contribution < -0.4 is 10.2 Å². The molecule has 5 heteroatoms. The quantitative estimate of drug-likeness (QED) is 0.934. The molecule has 1 aromatic heterocycles. The van der Waals surface area contributed by atoms with Crippen molar-refractivity contribution in [3.8, 4) is 6.07 Å². The van der Waals surface area contributed by atoms with Gasteiger partial charge in [0.2, 0.25) is 5.91 Å². The van der Waals surface area contributed by atoms with Gasteiger partial charge in [0.05, 0.1) is 5.56 Å². The maximum absolute atomic E-state index is 12.5. The molecule has 1 aromatic carbocycles. The number of rotatable bonds is 3. The number of aryl methyl sites for hydroxylation is 2. The summed E-state index contributed by atoms with van der Waals surface area (Å²) in [5.74, 6) is 0.985. The van der Waals surface area contributed by atoms with Crippen molar-refractivity contribution in [1.29, 1.82) is 5.26 Å². The third kappa shape index (κ3) is 3.97. The molecule has 1 amide bonds. The first-order chi connectivity index (χ1) is 12.1. The second-order valence-corrected chi connectivity index (χ2v) is 6.57. The normalized spacial score (nSPS) is 14.8. The second-order valence-electron chi connectivity index (χ2n) is 6.57. The van der Waals surface area contributed by atoms with Gasteiger partial charge < -0.3 is 10.2 Å². The van der Waals surface area contributed by atoms with Crippen molar-refractivity contribution in [2.45, 2.75) is 26.7 Å². The Labute approximate surface area is 148 Å². The standard InChI is InChI=1S/C20H22N4O/c1-14-3-5-18(11-15(14)2)23-20(25)17-7-9-24(10-8-17)19-6-4-16(12-21)13-22-19/h3-6,11,13,17H,7-10H2,1-2H3,(H,23,25). The van der Waals surface area contributed by atoms with Gasteiger partial charge in [-0.3, -0.25) is 4.79 Å². The van der Waals surface area contributed by atoms with E-state index in [0.717, 1.165) is 37.4 Å². The molecule has 1 N–H and O–H groups in total. The molecule has 3 rings (SSSR count). The summed E-state index contributed by atoms with van der Waals surface area (Å²) in [4.78, 5) is 19.0. The summed E-state index contributed by atoms with van der Waals surface area (Å²) in [6, 6.07) is 11.7. The predicted molar refractivity (Wildman–Crippen MR) is 98.4 cm³/mol. The number of aromatic nitrogens is 1. The summed E-state index contributed by atoms with van der Waals surface area (Å²) in [6.07, 6.45) is 3.20. The van der Waals surface area contributed by atoms with Gasteiger partial charge in [0.1, 0.15) is 11.9 Å². The molecule has 0 aliphatic carbocycles. The van der Waals surface area contributed by atoms with Gasteiger partial charge in [-0.2, -0.15) is 5.26 Å². The minimum atomic E-state index is 0.0243. The number of benzene rings is 1. The molecule has 1 fully saturated rings. The number of piperidine rings is 1. The van der Waals surface area contributed by atoms with Crippen molar-refractivity contribution >= 4 is 17.4 Å². The molecular formula is C20H22N4O. The van der Waals surface area contributed by atoms with Crippen molar-refractivity contribution in [2.75, 3.05) is 23.3 Å². The Morgan fingerprint density at radius 3 is 2.56 bits per heavy atom. The molecule has 2 heterocycles. The van der Waals surface area contributed by atoms with Crippen LogP contribution in [0.4, 0.5) is 11.5 Å². The zero-order valence-corrected chi connectivity index (χ0v) is 14.6. The van der Waals surface area contributed by atoms with E-state index in [1.807, 2.05) is 31.2 Å². The smallest absolute Gasteiger partial charge is 0.227 e. The number of pyridine rings is 1. The number of nitrogens with one attached hydrogen (secondary N) is 1. The Morgan fingerprint density at radius 2 is 1.96 bits per heavy atom. The molecule has 0 unspecified atom stereocenters. The first-order valence-corrected chi connectivity index (χ1v) is 8.56. The number of carbonyl (C=O) groups excluding carboxylic acids is 1. The lowest BCUT2D eigenvalue weighted by Crippen LogP contribution is -2.38. The molecule has 0 atom stereocenters. The average Bonchev–Trinajstić information content (AvgIpc) is 2.65. The number of nitriles is 1. The summed E-state index contributed by atoms with van der Waals surface area (Å²) in [7, 11) is 0. The number of amides is 1. The van der Waals surface area contributed by atoms with Gasteiger partial charge in [0.25, 0.3) is 0 Å². The maximum atomic E-state index is 12.5. The summed E-state index contributed by atoms with van der Waals surface area (Å²) in [6.45, 7) is 5.70. The number of hydrogen-bond donors (Lipinski definition) is 1. The second kappa shape index (κ2) is 7.35. The Morgan fingerprint density at radius 1 is 1.20 bits per heavy atom. The SMILES string of the molecule is Cc1ccc(NC(=O)C2CCN(c3ccc(C#N)cn3)CC2)cc1C. The van der Waals surface area contributed by atoms with Crippen LogP contribution in [0.15, 0.2) is 36.5 Å². The molecule has 0 radical (unpaired) electrons. The Bertz CT molecular complexity index is 799. The van der Waals surface area contributed by atoms with E-state index in [2.05, 4.69) is 28.2 Å². The van der Waals surface area contributed by atoms with Crippen LogP contribution in [0.1, 0.15) is 29.5 Å². The van der Waals surface area contributed by atoms with E-state index in [1.54, 1.807) is 12.3 Å². The van der Waals surface area contributed by atoms with E-state index in [0.29, 0.717) is 5.56 Å². The Kier molecular flexibility index (Phi) is 4.99. The van der Waals surface area contributed by atoms with Gasteiger partial charge in [-0.1, -0.05) is 6.07 Å². The predicted octanol–water partition coefficient (Wildman–Crippen LogP) is 3.43. The van der Waals surface area contributed by atoms with E-state index < -0.39 is 0 Å². The number of nitrogens with zero attached hydrogens (tertiary/aromatic N) is 3. The molecule has 0 bridgehead atoms. The first kappa shape index (κ1) is 17.0.